The van der Waals surface area contributed by atoms with Gasteiger partial charge in [-0.25, -0.2) is 15.0 Å². The van der Waals surface area contributed by atoms with Crippen LogP contribution in [-0.2, 0) is 0 Å². The molecule has 0 aliphatic heterocycles. The number of rotatable bonds is 6. The van der Waals surface area contributed by atoms with Crippen molar-refractivity contribution in [2.75, 3.05) is 0 Å². The Kier molecular flexibility index (Phi) is 7.43. The number of hydrogen-bond donors (Lipinski definition) is 0. The van der Waals surface area contributed by atoms with Gasteiger partial charge < -0.3 is 4.57 Å². The van der Waals surface area contributed by atoms with Crippen molar-refractivity contribution in [3.05, 3.63) is 194 Å². The van der Waals surface area contributed by atoms with Gasteiger partial charge in [0.05, 0.1) is 11.0 Å². The van der Waals surface area contributed by atoms with Crippen molar-refractivity contribution in [3.8, 4) is 62.1 Å². The Morgan fingerprint density at radius 1 is 0.302 bits per heavy atom. The first kappa shape index (κ1) is 30.6. The Morgan fingerprint density at radius 3 is 1.40 bits per heavy atom. The summed E-state index contributed by atoms with van der Waals surface area (Å²) in [5.41, 5.74) is 11.1. The molecule has 0 bridgehead atoms. The highest BCUT2D eigenvalue weighted by Crippen LogP contribution is 2.36. The molecule has 0 spiro atoms. The molecule has 0 unspecified atom stereocenters. The Bertz CT molecular complexity index is 2820. The fourth-order valence-corrected chi connectivity index (χ4v) is 7.48. The summed E-state index contributed by atoms with van der Waals surface area (Å²) >= 11 is 0. The van der Waals surface area contributed by atoms with E-state index < -0.39 is 0 Å². The molecule has 0 N–H and O–H groups in total. The van der Waals surface area contributed by atoms with Crippen LogP contribution < -0.4 is 0 Å². The maximum Gasteiger partial charge on any atom is 0.164 e. The van der Waals surface area contributed by atoms with Crippen LogP contribution >= 0.6 is 0 Å². The largest absolute Gasteiger partial charge is 0.309 e. The average molecular weight is 677 g/mol. The smallest absolute Gasteiger partial charge is 0.164 e. The van der Waals surface area contributed by atoms with Gasteiger partial charge in [-0.05, 0) is 63.4 Å². The topological polar surface area (TPSA) is 43.6 Å². The molecule has 0 aliphatic rings. The minimum absolute atomic E-state index is 0.648. The van der Waals surface area contributed by atoms with E-state index in [1.165, 1.54) is 49.3 Å². The Morgan fingerprint density at radius 2 is 0.774 bits per heavy atom. The van der Waals surface area contributed by atoms with Crippen molar-refractivity contribution in [1.82, 2.24) is 19.5 Å². The van der Waals surface area contributed by atoms with E-state index >= 15 is 0 Å². The molecule has 2 heterocycles. The summed E-state index contributed by atoms with van der Waals surface area (Å²) < 4.78 is 2.37. The highest BCUT2D eigenvalue weighted by molar-refractivity contribution is 6.09. The number of hydrogen-bond acceptors (Lipinski definition) is 3. The average Bonchev–Trinajstić information content (AvgIpc) is 3.58. The molecule has 0 atom stereocenters. The van der Waals surface area contributed by atoms with Crippen molar-refractivity contribution in [3.63, 3.8) is 0 Å². The number of para-hydroxylation sites is 2. The van der Waals surface area contributed by atoms with Crippen LogP contribution in [0.4, 0.5) is 0 Å². The fourth-order valence-electron chi connectivity index (χ4n) is 7.48. The lowest BCUT2D eigenvalue weighted by Gasteiger charge is -2.12. The van der Waals surface area contributed by atoms with E-state index in [9.17, 15) is 0 Å². The lowest BCUT2D eigenvalue weighted by Crippen LogP contribution is -2.00. The second-order valence-corrected chi connectivity index (χ2v) is 13.3. The molecule has 10 rings (SSSR count). The normalized spacial score (nSPS) is 11.4. The van der Waals surface area contributed by atoms with Crippen molar-refractivity contribution in [2.45, 2.75) is 0 Å². The van der Waals surface area contributed by atoms with E-state index in [0.29, 0.717) is 17.5 Å². The van der Waals surface area contributed by atoms with Crippen LogP contribution in [-0.4, -0.2) is 19.5 Å². The molecule has 0 fully saturated rings. The molecule has 2 aromatic heterocycles. The van der Waals surface area contributed by atoms with Crippen LogP contribution in [0.2, 0.25) is 0 Å². The number of nitrogens with zero attached hydrogens (tertiary/aromatic N) is 4. The summed E-state index contributed by atoms with van der Waals surface area (Å²) in [6.45, 7) is 0. The molecule has 4 heteroatoms. The molecule has 0 radical (unpaired) electrons. The molecule has 0 saturated heterocycles. The number of fused-ring (bicyclic) bond motifs is 4. The lowest BCUT2D eigenvalue weighted by molar-refractivity contribution is 1.07. The number of aromatic nitrogens is 4. The van der Waals surface area contributed by atoms with E-state index in [1.807, 2.05) is 60.7 Å². The van der Waals surface area contributed by atoms with E-state index in [4.69, 9.17) is 15.0 Å². The fraction of sp³-hybridized carbons (Fsp3) is 0. The third kappa shape index (κ3) is 5.54. The quantitative estimate of drug-likeness (QED) is 0.176. The van der Waals surface area contributed by atoms with Gasteiger partial charge >= 0.3 is 0 Å². The number of benzene rings is 8. The van der Waals surface area contributed by atoms with Gasteiger partial charge in [-0.2, -0.15) is 0 Å². The van der Waals surface area contributed by atoms with E-state index in [2.05, 4.69) is 138 Å². The van der Waals surface area contributed by atoms with Gasteiger partial charge in [0.25, 0.3) is 0 Å². The molecule has 0 aliphatic carbocycles. The molecule has 10 aromatic rings. The molecule has 4 nitrogen and oxygen atoms in total. The second-order valence-electron chi connectivity index (χ2n) is 13.3. The van der Waals surface area contributed by atoms with Gasteiger partial charge in [-0.1, -0.05) is 164 Å². The first-order valence-corrected chi connectivity index (χ1v) is 17.9. The summed E-state index contributed by atoms with van der Waals surface area (Å²) in [4.78, 5) is 14.7. The summed E-state index contributed by atoms with van der Waals surface area (Å²) in [7, 11) is 0. The van der Waals surface area contributed by atoms with Crippen molar-refractivity contribution in [2.24, 2.45) is 0 Å². The maximum absolute atomic E-state index is 4.92. The Labute approximate surface area is 307 Å². The zero-order valence-electron chi connectivity index (χ0n) is 28.8. The van der Waals surface area contributed by atoms with Gasteiger partial charge in [0, 0.05) is 33.2 Å². The highest BCUT2D eigenvalue weighted by Gasteiger charge is 2.15. The van der Waals surface area contributed by atoms with Crippen LogP contribution in [0.5, 0.6) is 0 Å². The van der Waals surface area contributed by atoms with Crippen molar-refractivity contribution in [1.29, 1.82) is 0 Å². The van der Waals surface area contributed by atoms with Gasteiger partial charge in [-0.3, -0.25) is 0 Å². The second kappa shape index (κ2) is 12.9. The molecule has 8 aromatic carbocycles. The lowest BCUT2D eigenvalue weighted by atomic mass is 9.94. The molecule has 0 saturated carbocycles. The SMILES string of the molecule is c1ccc(-c2nc(-c3ccccc3)nc(-c3ccc(-c4cccc5cc(-c6cccc(-n7c8ccccc8c8ccccc87)c6)ccc45)cc3)n2)cc1. The van der Waals surface area contributed by atoms with Crippen LogP contribution in [0.3, 0.4) is 0 Å². The van der Waals surface area contributed by atoms with Gasteiger partial charge in [0.2, 0.25) is 0 Å². The molecular weight excluding hydrogens is 645 g/mol. The summed E-state index contributed by atoms with van der Waals surface area (Å²) in [6, 6.07) is 68.3. The molecule has 0 amide bonds. The standard InChI is InChI=1S/C49H32N4/c1-3-13-34(14-4-1)47-50-48(35-15-5-2-6-16-35)52-49(51-47)36-27-25-33(26-28-36)41-22-12-18-39-31-38(29-30-42(39)41)37-17-11-19-40(32-37)53-45-23-9-7-20-43(45)44-21-8-10-24-46(44)53/h1-32H. The van der Waals surface area contributed by atoms with Crippen LogP contribution in [0, 0.1) is 0 Å². The molecule has 53 heavy (non-hydrogen) atoms. The zero-order valence-corrected chi connectivity index (χ0v) is 28.8. The Balaban J connectivity index is 1.00. The zero-order chi connectivity index (χ0) is 35.1. The van der Waals surface area contributed by atoms with Gasteiger partial charge in [0.15, 0.2) is 17.5 Å². The molecular formula is C49H32N4. The van der Waals surface area contributed by atoms with Gasteiger partial charge in [0.1, 0.15) is 0 Å². The van der Waals surface area contributed by atoms with Crippen molar-refractivity contribution < 1.29 is 0 Å². The third-order valence-electron chi connectivity index (χ3n) is 10.1. The maximum atomic E-state index is 4.92. The highest BCUT2D eigenvalue weighted by atomic mass is 15.0. The van der Waals surface area contributed by atoms with Crippen LogP contribution in [0.25, 0.3) is 94.7 Å². The Hall–Kier alpha value is -7.17. The molecule has 248 valence electrons. The van der Waals surface area contributed by atoms with Crippen molar-refractivity contribution >= 4 is 32.6 Å². The predicted molar refractivity (Wildman–Crippen MR) is 219 cm³/mol. The monoisotopic (exact) mass is 676 g/mol. The van der Waals surface area contributed by atoms with Gasteiger partial charge in [-0.15, -0.1) is 0 Å². The summed E-state index contributed by atoms with van der Waals surface area (Å²) in [5.74, 6) is 1.96. The minimum atomic E-state index is 0.648. The third-order valence-corrected chi connectivity index (χ3v) is 10.1. The predicted octanol–water partition coefficient (Wildman–Crippen LogP) is 12.5. The summed E-state index contributed by atoms with van der Waals surface area (Å²) in [6.07, 6.45) is 0. The minimum Gasteiger partial charge on any atom is -0.309 e. The van der Waals surface area contributed by atoms with E-state index in [1.54, 1.807) is 0 Å². The summed E-state index contributed by atoms with van der Waals surface area (Å²) in [5, 5.41) is 4.94. The van der Waals surface area contributed by atoms with E-state index in [0.717, 1.165) is 27.9 Å². The first-order valence-electron chi connectivity index (χ1n) is 17.9. The van der Waals surface area contributed by atoms with Crippen LogP contribution in [0.15, 0.2) is 194 Å². The van der Waals surface area contributed by atoms with E-state index in [-0.39, 0.29) is 0 Å². The van der Waals surface area contributed by atoms with Crippen LogP contribution in [0.1, 0.15) is 0 Å². The first-order chi connectivity index (χ1) is 26.3.